The summed E-state index contributed by atoms with van der Waals surface area (Å²) in [6.45, 7) is 6.17. The molecule has 0 radical (unpaired) electrons. The molecule has 0 bridgehead atoms. The van der Waals surface area contributed by atoms with Gasteiger partial charge in [0.2, 0.25) is 5.91 Å². The zero-order chi connectivity index (χ0) is 18.9. The fraction of sp³-hybridized carbons (Fsp3) is 0.318. The van der Waals surface area contributed by atoms with Crippen molar-refractivity contribution in [1.82, 2.24) is 0 Å². The summed E-state index contributed by atoms with van der Waals surface area (Å²) >= 11 is 0. The van der Waals surface area contributed by atoms with E-state index in [9.17, 15) is 9.90 Å². The van der Waals surface area contributed by atoms with E-state index < -0.39 is 5.41 Å². The minimum atomic E-state index is -0.782. The molecule has 1 heterocycles. The van der Waals surface area contributed by atoms with Crippen LogP contribution in [0.2, 0.25) is 0 Å². The number of rotatable bonds is 5. The third kappa shape index (κ3) is 3.01. The Labute approximate surface area is 154 Å². The molecule has 0 saturated heterocycles. The van der Waals surface area contributed by atoms with Gasteiger partial charge >= 0.3 is 0 Å². The zero-order valence-corrected chi connectivity index (χ0v) is 15.5. The highest BCUT2D eigenvalue weighted by molar-refractivity contribution is 6.09. The first kappa shape index (κ1) is 18.2. The van der Waals surface area contributed by atoms with E-state index in [-0.39, 0.29) is 18.3 Å². The maximum atomic E-state index is 13.1. The molecule has 2 N–H and O–H groups in total. The number of amides is 1. The van der Waals surface area contributed by atoms with Crippen molar-refractivity contribution in [2.45, 2.75) is 39.2 Å². The predicted molar refractivity (Wildman–Crippen MR) is 103 cm³/mol. The van der Waals surface area contributed by atoms with Gasteiger partial charge in [-0.05, 0) is 49.9 Å². The Morgan fingerprint density at radius 1 is 1.15 bits per heavy atom. The second-order valence-corrected chi connectivity index (χ2v) is 7.28. The van der Waals surface area contributed by atoms with Gasteiger partial charge in [0.1, 0.15) is 5.75 Å². The summed E-state index contributed by atoms with van der Waals surface area (Å²) < 4.78 is 0. The van der Waals surface area contributed by atoms with Gasteiger partial charge in [-0.3, -0.25) is 4.79 Å². The number of aryl methyl sites for hydroxylation is 1. The lowest BCUT2D eigenvalue weighted by atomic mass is 9.83. The molecule has 2 aromatic rings. The largest absolute Gasteiger partial charge is 0.507 e. The Kier molecular flexibility index (Phi) is 4.88. The van der Waals surface area contributed by atoms with Crippen LogP contribution in [0.25, 0.3) is 0 Å². The van der Waals surface area contributed by atoms with E-state index in [1.54, 1.807) is 11.0 Å². The third-order valence-electron chi connectivity index (χ3n) is 5.01. The molecule has 1 aliphatic heterocycles. The molecule has 0 aromatic heterocycles. The van der Waals surface area contributed by atoms with Crippen molar-refractivity contribution in [2.75, 3.05) is 11.5 Å². The molecule has 136 valence electrons. The van der Waals surface area contributed by atoms with Crippen molar-refractivity contribution in [3.05, 3.63) is 70.8 Å². The van der Waals surface area contributed by atoms with Crippen molar-refractivity contribution >= 4 is 11.6 Å². The predicted octanol–water partition coefficient (Wildman–Crippen LogP) is 3.62. The molecule has 0 unspecified atom stereocenters. The monoisotopic (exact) mass is 351 g/mol. The summed E-state index contributed by atoms with van der Waals surface area (Å²) in [7, 11) is 0. The van der Waals surface area contributed by atoms with Crippen LogP contribution in [0.1, 0.15) is 36.1 Å². The second kappa shape index (κ2) is 6.96. The van der Waals surface area contributed by atoms with Gasteiger partial charge in [-0.2, -0.15) is 0 Å². The number of benzene rings is 2. The van der Waals surface area contributed by atoms with Crippen LogP contribution in [-0.2, 0) is 23.2 Å². The van der Waals surface area contributed by atoms with Gasteiger partial charge in [0.15, 0.2) is 0 Å². The van der Waals surface area contributed by atoms with E-state index >= 15 is 0 Å². The highest BCUT2D eigenvalue weighted by atomic mass is 16.3. The van der Waals surface area contributed by atoms with Gasteiger partial charge in [0.25, 0.3) is 0 Å². The van der Waals surface area contributed by atoms with E-state index in [0.717, 1.165) is 22.4 Å². The fourth-order valence-corrected chi connectivity index (χ4v) is 3.71. The zero-order valence-electron chi connectivity index (χ0n) is 15.5. The van der Waals surface area contributed by atoms with Crippen LogP contribution in [0, 0.1) is 6.92 Å². The number of hydrogen-bond acceptors (Lipinski definition) is 3. The van der Waals surface area contributed by atoms with Gasteiger partial charge < -0.3 is 15.1 Å². The standard InChI is InChI=1S/C22H25NO3/c1-15-13-17(11-7-8-12-24)20(25)18-19(15)23(21(26)22(18,2)3)14-16-9-5-4-6-10-16/h4-10,13,24-25H,11-12,14H2,1-3H3/b8-7+. The van der Waals surface area contributed by atoms with E-state index in [1.165, 1.54) is 0 Å². The first-order chi connectivity index (χ1) is 12.4. The first-order valence-corrected chi connectivity index (χ1v) is 8.85. The Morgan fingerprint density at radius 2 is 1.85 bits per heavy atom. The highest BCUT2D eigenvalue weighted by Gasteiger charge is 2.47. The highest BCUT2D eigenvalue weighted by Crippen LogP contribution is 2.50. The first-order valence-electron chi connectivity index (χ1n) is 8.85. The van der Waals surface area contributed by atoms with Gasteiger partial charge in [-0.1, -0.05) is 42.5 Å². The Balaban J connectivity index is 2.09. The summed E-state index contributed by atoms with van der Waals surface area (Å²) in [5, 5.41) is 19.8. The van der Waals surface area contributed by atoms with Crippen molar-refractivity contribution in [2.24, 2.45) is 0 Å². The van der Waals surface area contributed by atoms with Crippen LogP contribution in [0.4, 0.5) is 5.69 Å². The van der Waals surface area contributed by atoms with Crippen LogP contribution in [0.3, 0.4) is 0 Å². The maximum absolute atomic E-state index is 13.1. The van der Waals surface area contributed by atoms with Crippen LogP contribution in [-0.4, -0.2) is 22.7 Å². The Morgan fingerprint density at radius 3 is 2.50 bits per heavy atom. The third-order valence-corrected chi connectivity index (χ3v) is 5.01. The second-order valence-electron chi connectivity index (χ2n) is 7.28. The topological polar surface area (TPSA) is 60.8 Å². The number of phenols is 1. The smallest absolute Gasteiger partial charge is 0.237 e. The van der Waals surface area contributed by atoms with Crippen molar-refractivity contribution in [3.63, 3.8) is 0 Å². The molecule has 4 nitrogen and oxygen atoms in total. The molecule has 0 saturated carbocycles. The van der Waals surface area contributed by atoms with E-state index in [0.29, 0.717) is 18.5 Å². The molecule has 3 rings (SSSR count). The lowest BCUT2D eigenvalue weighted by Gasteiger charge is -2.21. The summed E-state index contributed by atoms with van der Waals surface area (Å²) in [4.78, 5) is 14.9. The van der Waals surface area contributed by atoms with Gasteiger partial charge in [0.05, 0.1) is 24.3 Å². The molecule has 0 spiro atoms. The number of aliphatic hydroxyl groups is 1. The number of anilines is 1. The van der Waals surface area contributed by atoms with Crippen LogP contribution >= 0.6 is 0 Å². The minimum absolute atomic E-state index is 0.00203. The molecule has 26 heavy (non-hydrogen) atoms. The van der Waals surface area contributed by atoms with Crippen molar-refractivity contribution in [1.29, 1.82) is 0 Å². The lowest BCUT2D eigenvalue weighted by molar-refractivity contribution is -0.122. The number of hydrogen-bond donors (Lipinski definition) is 2. The number of carbonyl (C=O) groups is 1. The van der Waals surface area contributed by atoms with Crippen LogP contribution < -0.4 is 4.90 Å². The SMILES string of the molecule is Cc1cc(C/C=C/CO)c(O)c2c1N(Cc1ccccc1)C(=O)C2(C)C. The lowest BCUT2D eigenvalue weighted by Crippen LogP contribution is -2.35. The number of phenolic OH excluding ortho intramolecular Hbond substituents is 1. The van der Waals surface area contributed by atoms with E-state index in [2.05, 4.69) is 0 Å². The molecule has 4 heteroatoms. The summed E-state index contributed by atoms with van der Waals surface area (Å²) in [5.41, 5.74) is 3.53. The summed E-state index contributed by atoms with van der Waals surface area (Å²) in [6, 6.07) is 11.8. The molecule has 0 aliphatic carbocycles. The Bertz CT molecular complexity index is 853. The maximum Gasteiger partial charge on any atom is 0.237 e. The van der Waals surface area contributed by atoms with E-state index in [4.69, 9.17) is 5.11 Å². The van der Waals surface area contributed by atoms with E-state index in [1.807, 2.05) is 63.2 Å². The average molecular weight is 351 g/mol. The normalized spacial score (nSPS) is 15.7. The average Bonchev–Trinajstić information content (AvgIpc) is 2.81. The van der Waals surface area contributed by atoms with Gasteiger partial charge in [0, 0.05) is 5.56 Å². The quantitative estimate of drug-likeness (QED) is 0.809. The Hall–Kier alpha value is -2.59. The molecule has 0 atom stereocenters. The summed E-state index contributed by atoms with van der Waals surface area (Å²) in [6.07, 6.45) is 4.00. The number of fused-ring (bicyclic) bond motifs is 1. The summed E-state index contributed by atoms with van der Waals surface area (Å²) in [5.74, 6) is 0.180. The molecule has 2 aromatic carbocycles. The molecular formula is C22H25NO3. The molecular weight excluding hydrogens is 326 g/mol. The number of aliphatic hydroxyl groups excluding tert-OH is 1. The van der Waals surface area contributed by atoms with Crippen LogP contribution in [0.15, 0.2) is 48.6 Å². The molecule has 1 amide bonds. The van der Waals surface area contributed by atoms with Crippen molar-refractivity contribution < 1.29 is 15.0 Å². The van der Waals surface area contributed by atoms with Crippen LogP contribution in [0.5, 0.6) is 5.75 Å². The number of nitrogens with zero attached hydrogens (tertiary/aromatic N) is 1. The molecule has 0 fully saturated rings. The number of allylic oxidation sites excluding steroid dienone is 1. The van der Waals surface area contributed by atoms with Crippen molar-refractivity contribution in [3.8, 4) is 5.75 Å². The molecule has 1 aliphatic rings. The number of carbonyl (C=O) groups excluding carboxylic acids is 1. The van der Waals surface area contributed by atoms with Gasteiger partial charge in [-0.15, -0.1) is 0 Å². The fourth-order valence-electron chi connectivity index (χ4n) is 3.71. The minimum Gasteiger partial charge on any atom is -0.507 e. The number of aromatic hydroxyl groups is 1. The van der Waals surface area contributed by atoms with Gasteiger partial charge in [-0.25, -0.2) is 0 Å².